The van der Waals surface area contributed by atoms with Gasteiger partial charge >= 0.3 is 0 Å². The van der Waals surface area contributed by atoms with E-state index in [0.29, 0.717) is 19.5 Å². The lowest BCUT2D eigenvalue weighted by atomic mass is 9.82. The molecule has 2 aromatic carbocycles. The second-order valence-corrected chi connectivity index (χ2v) is 7.38. The second kappa shape index (κ2) is 7.08. The first-order valence-electron chi connectivity index (χ1n) is 9.22. The van der Waals surface area contributed by atoms with Gasteiger partial charge in [-0.05, 0) is 30.5 Å². The molecular weight excluding hydrogens is 329 g/mol. The summed E-state index contributed by atoms with van der Waals surface area (Å²) < 4.78 is 13.9. The van der Waals surface area contributed by atoms with Gasteiger partial charge in [-0.25, -0.2) is 4.39 Å². The molecule has 2 N–H and O–H groups in total. The number of rotatable bonds is 2. The van der Waals surface area contributed by atoms with Gasteiger partial charge in [-0.2, -0.15) is 0 Å². The molecule has 26 heavy (non-hydrogen) atoms. The lowest BCUT2D eigenvalue weighted by Gasteiger charge is -2.44. The third-order valence-electron chi connectivity index (χ3n) is 5.56. The first-order chi connectivity index (χ1) is 12.6. The van der Waals surface area contributed by atoms with E-state index in [9.17, 15) is 9.18 Å². The van der Waals surface area contributed by atoms with E-state index in [2.05, 4.69) is 27.7 Å². The Hall–Kier alpha value is -2.40. The Bertz CT molecular complexity index is 799. The first kappa shape index (κ1) is 17.0. The molecule has 2 aromatic rings. The Labute approximate surface area is 153 Å². The van der Waals surface area contributed by atoms with Crippen molar-refractivity contribution in [3.8, 4) is 0 Å². The maximum Gasteiger partial charge on any atom is 0.222 e. The number of amides is 1. The van der Waals surface area contributed by atoms with Crippen LogP contribution in [0.4, 0.5) is 10.1 Å². The number of para-hydroxylation sites is 1. The van der Waals surface area contributed by atoms with Crippen LogP contribution >= 0.6 is 0 Å². The van der Waals surface area contributed by atoms with Crippen molar-refractivity contribution in [2.24, 2.45) is 0 Å². The standard InChI is InChI=1S/C21H24FN3O/c22-18-7-3-1-6-17(18)15-25-11-9-21(10-12-25)13-20(26)23-14-16-5-2-4-8-19(16)24-21/h1-8,24H,9-15H2,(H,23,26). The summed E-state index contributed by atoms with van der Waals surface area (Å²) in [5.74, 6) is -0.0558. The zero-order chi connectivity index (χ0) is 18.0. The molecule has 4 rings (SSSR count). The van der Waals surface area contributed by atoms with Gasteiger partial charge in [0.05, 0.1) is 0 Å². The zero-order valence-electron chi connectivity index (χ0n) is 14.8. The van der Waals surface area contributed by atoms with Crippen LogP contribution in [0.1, 0.15) is 30.4 Å². The van der Waals surface area contributed by atoms with Gasteiger partial charge in [-0.3, -0.25) is 9.69 Å². The average molecular weight is 353 g/mol. The van der Waals surface area contributed by atoms with Gasteiger partial charge in [0, 0.05) is 49.4 Å². The van der Waals surface area contributed by atoms with Crippen molar-refractivity contribution in [3.63, 3.8) is 0 Å². The van der Waals surface area contributed by atoms with Crippen molar-refractivity contribution >= 4 is 11.6 Å². The van der Waals surface area contributed by atoms with Gasteiger partial charge in [0.1, 0.15) is 5.82 Å². The Morgan fingerprint density at radius 1 is 1.04 bits per heavy atom. The fraction of sp³-hybridized carbons (Fsp3) is 0.381. The van der Waals surface area contributed by atoms with E-state index in [1.807, 2.05) is 24.3 Å². The molecule has 0 aromatic heterocycles. The van der Waals surface area contributed by atoms with Crippen LogP contribution in [0, 0.1) is 5.82 Å². The van der Waals surface area contributed by atoms with Crippen molar-refractivity contribution in [3.05, 3.63) is 65.5 Å². The number of hydrogen-bond acceptors (Lipinski definition) is 3. The third-order valence-corrected chi connectivity index (χ3v) is 5.56. The van der Waals surface area contributed by atoms with Gasteiger partial charge in [0.15, 0.2) is 0 Å². The molecule has 2 heterocycles. The normalized spacial score (nSPS) is 19.8. The Kier molecular flexibility index (Phi) is 4.64. The molecule has 0 atom stereocenters. The molecule has 1 saturated heterocycles. The predicted molar refractivity (Wildman–Crippen MR) is 100 cm³/mol. The lowest BCUT2D eigenvalue weighted by Crippen LogP contribution is -2.52. The minimum atomic E-state index is -0.230. The molecule has 0 saturated carbocycles. The van der Waals surface area contributed by atoms with E-state index in [0.717, 1.165) is 42.7 Å². The van der Waals surface area contributed by atoms with Crippen molar-refractivity contribution in [1.82, 2.24) is 10.2 Å². The van der Waals surface area contributed by atoms with E-state index in [1.165, 1.54) is 6.07 Å². The number of carbonyl (C=O) groups is 1. The molecule has 2 aliphatic heterocycles. The van der Waals surface area contributed by atoms with E-state index in [1.54, 1.807) is 6.07 Å². The number of piperidine rings is 1. The predicted octanol–water partition coefficient (Wildman–Crippen LogP) is 3.29. The monoisotopic (exact) mass is 353 g/mol. The minimum absolute atomic E-state index is 0.0922. The molecule has 5 heteroatoms. The Morgan fingerprint density at radius 2 is 1.77 bits per heavy atom. The molecular formula is C21H24FN3O. The summed E-state index contributed by atoms with van der Waals surface area (Å²) in [6.07, 6.45) is 2.21. The molecule has 0 bridgehead atoms. The van der Waals surface area contributed by atoms with Crippen molar-refractivity contribution < 1.29 is 9.18 Å². The number of likely N-dealkylation sites (tertiary alicyclic amines) is 1. The molecule has 2 aliphatic rings. The van der Waals surface area contributed by atoms with Crippen LogP contribution < -0.4 is 10.6 Å². The van der Waals surface area contributed by atoms with E-state index >= 15 is 0 Å². The highest BCUT2D eigenvalue weighted by atomic mass is 19.1. The number of carbonyl (C=O) groups excluding carboxylic acids is 1. The maximum absolute atomic E-state index is 13.9. The highest BCUT2D eigenvalue weighted by molar-refractivity contribution is 5.79. The molecule has 0 radical (unpaired) electrons. The van der Waals surface area contributed by atoms with Crippen LogP contribution in [-0.2, 0) is 17.9 Å². The van der Waals surface area contributed by atoms with Crippen LogP contribution in [0.25, 0.3) is 0 Å². The van der Waals surface area contributed by atoms with Crippen LogP contribution in [0.15, 0.2) is 48.5 Å². The van der Waals surface area contributed by atoms with Crippen LogP contribution in [-0.4, -0.2) is 29.4 Å². The lowest BCUT2D eigenvalue weighted by molar-refractivity contribution is -0.122. The van der Waals surface area contributed by atoms with Gasteiger partial charge in [-0.1, -0.05) is 36.4 Å². The molecule has 0 aliphatic carbocycles. The topological polar surface area (TPSA) is 44.4 Å². The summed E-state index contributed by atoms with van der Waals surface area (Å²) in [5.41, 5.74) is 2.73. The number of hydrogen-bond donors (Lipinski definition) is 2. The Balaban J connectivity index is 1.48. The van der Waals surface area contributed by atoms with Gasteiger partial charge in [-0.15, -0.1) is 0 Å². The van der Waals surface area contributed by atoms with Gasteiger partial charge < -0.3 is 10.6 Å². The molecule has 4 nitrogen and oxygen atoms in total. The first-order valence-corrected chi connectivity index (χ1v) is 9.22. The van der Waals surface area contributed by atoms with Crippen LogP contribution in [0.5, 0.6) is 0 Å². The molecule has 136 valence electrons. The van der Waals surface area contributed by atoms with E-state index in [4.69, 9.17) is 0 Å². The fourth-order valence-corrected chi connectivity index (χ4v) is 4.00. The average Bonchev–Trinajstić information content (AvgIpc) is 2.64. The number of nitrogens with zero attached hydrogens (tertiary/aromatic N) is 1. The summed E-state index contributed by atoms with van der Waals surface area (Å²) in [7, 11) is 0. The third kappa shape index (κ3) is 3.58. The number of anilines is 1. The number of benzene rings is 2. The smallest absolute Gasteiger partial charge is 0.222 e. The highest BCUT2D eigenvalue weighted by Crippen LogP contribution is 2.33. The summed E-state index contributed by atoms with van der Waals surface area (Å²) in [6.45, 7) is 2.87. The summed E-state index contributed by atoms with van der Waals surface area (Å²) in [6, 6.07) is 15.1. The maximum atomic E-state index is 13.9. The van der Waals surface area contributed by atoms with Crippen molar-refractivity contribution in [2.75, 3.05) is 18.4 Å². The SMILES string of the molecule is O=C1CC2(CCN(Cc3ccccc3F)CC2)Nc2ccccc2CN1. The number of halogens is 1. The Morgan fingerprint density at radius 3 is 2.58 bits per heavy atom. The van der Waals surface area contributed by atoms with E-state index in [-0.39, 0.29) is 17.3 Å². The summed E-state index contributed by atoms with van der Waals surface area (Å²) in [4.78, 5) is 14.6. The van der Waals surface area contributed by atoms with Gasteiger partial charge in [0.2, 0.25) is 5.91 Å². The second-order valence-electron chi connectivity index (χ2n) is 7.38. The van der Waals surface area contributed by atoms with Crippen molar-refractivity contribution in [1.29, 1.82) is 0 Å². The van der Waals surface area contributed by atoms with E-state index < -0.39 is 0 Å². The molecule has 1 fully saturated rings. The highest BCUT2D eigenvalue weighted by Gasteiger charge is 2.37. The van der Waals surface area contributed by atoms with Crippen LogP contribution in [0.3, 0.4) is 0 Å². The number of fused-ring (bicyclic) bond motifs is 1. The number of nitrogens with one attached hydrogen (secondary N) is 2. The zero-order valence-corrected chi connectivity index (χ0v) is 14.8. The summed E-state index contributed by atoms with van der Waals surface area (Å²) >= 11 is 0. The fourth-order valence-electron chi connectivity index (χ4n) is 4.00. The molecule has 0 unspecified atom stereocenters. The minimum Gasteiger partial charge on any atom is -0.379 e. The van der Waals surface area contributed by atoms with Crippen molar-refractivity contribution in [2.45, 2.75) is 37.9 Å². The molecule has 1 amide bonds. The summed E-state index contributed by atoms with van der Waals surface area (Å²) in [5, 5.41) is 6.71. The van der Waals surface area contributed by atoms with Gasteiger partial charge in [0.25, 0.3) is 0 Å². The molecule has 1 spiro atoms. The largest absolute Gasteiger partial charge is 0.379 e. The van der Waals surface area contributed by atoms with Crippen LogP contribution in [0.2, 0.25) is 0 Å². The quantitative estimate of drug-likeness (QED) is 0.871.